The summed E-state index contributed by atoms with van der Waals surface area (Å²) >= 11 is 7.72. The van der Waals surface area contributed by atoms with E-state index in [1.807, 2.05) is 57.2 Å². The highest BCUT2D eigenvalue weighted by Gasteiger charge is 2.28. The number of hydrogen-bond donors (Lipinski definition) is 1. The molecule has 0 heterocycles. The lowest BCUT2D eigenvalue weighted by Gasteiger charge is -2.23. The van der Waals surface area contributed by atoms with E-state index in [4.69, 9.17) is 14.0 Å². The number of thioether (sulfide) groups is 2. The second-order valence-corrected chi connectivity index (χ2v) is 9.32. The minimum Gasteiger partial charge on any atom is -0.374 e. The van der Waals surface area contributed by atoms with Crippen molar-refractivity contribution in [3.63, 3.8) is 0 Å². The molecule has 0 spiro atoms. The van der Waals surface area contributed by atoms with Gasteiger partial charge in [-0.1, -0.05) is 60.7 Å². The molecule has 3 nitrogen and oxygen atoms in total. The van der Waals surface area contributed by atoms with Crippen LogP contribution in [0.1, 0.15) is 31.9 Å². The molecular weight excluding hydrogens is 395 g/mol. The fourth-order valence-corrected chi connectivity index (χ4v) is 3.90. The van der Waals surface area contributed by atoms with Crippen LogP contribution in [0, 0.1) is 0 Å². The monoisotopic (exact) mass is 422 g/mol. The van der Waals surface area contributed by atoms with Crippen LogP contribution in [0.5, 0.6) is 0 Å². The average molecular weight is 422 g/mol. The van der Waals surface area contributed by atoms with Gasteiger partial charge in [-0.2, -0.15) is 0 Å². The Morgan fingerprint density at radius 2 is 1.15 bits per heavy atom. The quantitative estimate of drug-likeness (QED) is 0.263. The van der Waals surface area contributed by atoms with E-state index < -0.39 is 7.32 Å². The number of benzene rings is 2. The number of rotatable bonds is 12. The molecule has 0 aliphatic carbocycles. The Bertz CT molecular complexity index is 579. The van der Waals surface area contributed by atoms with Crippen molar-refractivity contribution in [3.8, 4) is 0 Å². The van der Waals surface area contributed by atoms with E-state index >= 15 is 0 Å². The molecule has 2 rings (SSSR count). The van der Waals surface area contributed by atoms with Gasteiger partial charge >= 0.3 is 7.32 Å². The van der Waals surface area contributed by atoms with Crippen LogP contribution < -0.4 is 0 Å². The van der Waals surface area contributed by atoms with Gasteiger partial charge in [-0.05, 0) is 31.9 Å². The van der Waals surface area contributed by atoms with E-state index in [0.29, 0.717) is 0 Å². The maximum atomic E-state index is 5.96. The zero-order valence-corrected chi connectivity index (χ0v) is 18.5. The van der Waals surface area contributed by atoms with Crippen LogP contribution in [-0.4, -0.2) is 23.6 Å². The van der Waals surface area contributed by atoms with Crippen molar-refractivity contribution in [2.45, 2.75) is 48.6 Å². The fraction of sp³-hybridized carbons (Fsp3) is 0.400. The van der Waals surface area contributed by atoms with Gasteiger partial charge in [0.2, 0.25) is 0 Å². The van der Waals surface area contributed by atoms with Gasteiger partial charge in [0, 0.05) is 11.5 Å². The first-order chi connectivity index (χ1) is 13.0. The van der Waals surface area contributed by atoms with Crippen LogP contribution in [0.15, 0.2) is 60.7 Å². The van der Waals surface area contributed by atoms with Crippen LogP contribution in [0.3, 0.4) is 0 Å². The maximum absolute atomic E-state index is 5.96. The average Bonchev–Trinajstić information content (AvgIpc) is 2.66. The highest BCUT2D eigenvalue weighted by atomic mass is 32.2. The Morgan fingerprint density at radius 3 is 1.52 bits per heavy atom. The smallest absolute Gasteiger partial charge is 0.374 e. The molecular formula is C20H27BO3S3. The van der Waals surface area contributed by atoms with Crippen LogP contribution in [-0.2, 0) is 25.5 Å². The van der Waals surface area contributed by atoms with Crippen molar-refractivity contribution in [1.29, 1.82) is 0 Å². The highest BCUT2D eigenvalue weighted by Crippen LogP contribution is 2.23. The van der Waals surface area contributed by atoms with E-state index in [0.717, 1.165) is 11.5 Å². The molecule has 0 fully saturated rings. The summed E-state index contributed by atoms with van der Waals surface area (Å²) in [5, 5.41) is 0. The Kier molecular flexibility index (Phi) is 10.8. The van der Waals surface area contributed by atoms with E-state index in [9.17, 15) is 0 Å². The van der Waals surface area contributed by atoms with E-state index in [1.165, 1.54) is 11.1 Å². The standard InChI is InChI=1S/C20H27BO3S3/c1-16(25)22-21(23-17(2)26-14-19-10-6-4-7-11-19)24-18(3)27-15-20-12-8-5-9-13-20/h4-13,16-18,25H,14-15H2,1-3H3. The van der Waals surface area contributed by atoms with Crippen molar-refractivity contribution >= 4 is 43.5 Å². The number of hydrogen-bond acceptors (Lipinski definition) is 6. The zero-order valence-electron chi connectivity index (χ0n) is 16.0. The van der Waals surface area contributed by atoms with E-state index in [1.54, 1.807) is 23.5 Å². The molecule has 7 heteroatoms. The second kappa shape index (κ2) is 12.8. The lowest BCUT2D eigenvalue weighted by Crippen LogP contribution is -2.34. The summed E-state index contributed by atoms with van der Waals surface area (Å²) in [6.45, 7) is 5.88. The van der Waals surface area contributed by atoms with Crippen LogP contribution in [0.25, 0.3) is 0 Å². The van der Waals surface area contributed by atoms with Crippen molar-refractivity contribution in [2.75, 3.05) is 0 Å². The van der Waals surface area contributed by atoms with Crippen molar-refractivity contribution in [1.82, 2.24) is 0 Å². The van der Waals surface area contributed by atoms with Gasteiger partial charge in [0.05, 0.1) is 16.3 Å². The predicted octanol–water partition coefficient (Wildman–Crippen LogP) is 5.86. The SMILES string of the molecule is CC(S)OB(OC(C)SCc1ccccc1)OC(C)SCc1ccccc1. The van der Waals surface area contributed by atoms with Crippen LogP contribution in [0.4, 0.5) is 0 Å². The molecule has 0 bridgehead atoms. The van der Waals surface area contributed by atoms with Gasteiger partial charge in [0.1, 0.15) is 0 Å². The van der Waals surface area contributed by atoms with E-state index in [2.05, 4.69) is 36.9 Å². The van der Waals surface area contributed by atoms with Crippen molar-refractivity contribution < 1.29 is 14.0 Å². The Balaban J connectivity index is 1.78. The molecule has 0 N–H and O–H groups in total. The zero-order chi connectivity index (χ0) is 19.5. The first-order valence-electron chi connectivity index (χ1n) is 8.98. The van der Waals surface area contributed by atoms with Crippen LogP contribution in [0.2, 0.25) is 0 Å². The molecule has 0 aromatic heterocycles. The van der Waals surface area contributed by atoms with Gasteiger partial charge in [0.25, 0.3) is 0 Å². The third-order valence-electron chi connectivity index (χ3n) is 3.57. The molecule has 3 unspecified atom stereocenters. The lowest BCUT2D eigenvalue weighted by molar-refractivity contribution is 0.0813. The van der Waals surface area contributed by atoms with Gasteiger partial charge in [0.15, 0.2) is 0 Å². The third-order valence-corrected chi connectivity index (χ3v) is 5.85. The molecule has 0 saturated heterocycles. The van der Waals surface area contributed by atoms with Crippen molar-refractivity contribution in [3.05, 3.63) is 71.8 Å². The molecule has 3 atom stereocenters. The topological polar surface area (TPSA) is 27.7 Å². The summed E-state index contributed by atoms with van der Waals surface area (Å²) in [6, 6.07) is 20.7. The van der Waals surface area contributed by atoms with Crippen molar-refractivity contribution in [2.24, 2.45) is 0 Å². The first kappa shape index (κ1) is 22.7. The lowest BCUT2D eigenvalue weighted by atomic mass is 10.2. The minimum atomic E-state index is -0.742. The molecule has 0 saturated carbocycles. The normalized spacial score (nSPS) is 14.5. The summed E-state index contributed by atoms with van der Waals surface area (Å²) < 4.78 is 17.6. The molecule has 0 amide bonds. The molecule has 2 aromatic carbocycles. The van der Waals surface area contributed by atoms with Gasteiger partial charge < -0.3 is 14.0 Å². The highest BCUT2D eigenvalue weighted by molar-refractivity contribution is 7.99. The van der Waals surface area contributed by atoms with E-state index in [-0.39, 0.29) is 16.3 Å². The summed E-state index contributed by atoms with van der Waals surface area (Å²) in [4.78, 5) is 0. The summed E-state index contributed by atoms with van der Waals surface area (Å²) in [7, 11) is -0.742. The summed E-state index contributed by atoms with van der Waals surface area (Å²) in [6.07, 6.45) is 0. The Morgan fingerprint density at radius 1 is 0.741 bits per heavy atom. The molecule has 146 valence electrons. The Hall–Kier alpha value is -0.565. The van der Waals surface area contributed by atoms with Gasteiger partial charge in [-0.3, -0.25) is 0 Å². The predicted molar refractivity (Wildman–Crippen MR) is 122 cm³/mol. The number of thiol groups is 1. The third kappa shape index (κ3) is 9.97. The summed E-state index contributed by atoms with van der Waals surface area (Å²) in [5.41, 5.74) is 2.14. The second-order valence-electron chi connectivity index (χ2n) is 6.02. The minimum absolute atomic E-state index is 0.0615. The molecule has 2 aromatic rings. The molecule has 0 aliphatic heterocycles. The fourth-order valence-electron chi connectivity index (χ4n) is 2.22. The molecule has 0 aliphatic rings. The first-order valence-corrected chi connectivity index (χ1v) is 11.6. The van der Waals surface area contributed by atoms with Crippen LogP contribution >= 0.6 is 36.2 Å². The molecule has 27 heavy (non-hydrogen) atoms. The maximum Gasteiger partial charge on any atom is 0.641 e. The van der Waals surface area contributed by atoms with Gasteiger partial charge in [-0.15, -0.1) is 36.2 Å². The Labute approximate surface area is 177 Å². The van der Waals surface area contributed by atoms with Gasteiger partial charge in [-0.25, -0.2) is 0 Å². The molecule has 0 radical (unpaired) electrons. The summed E-state index contributed by atoms with van der Waals surface area (Å²) in [5.74, 6) is 1.76. The largest absolute Gasteiger partial charge is 0.641 e.